The molecule has 0 bridgehead atoms. The van der Waals surface area contributed by atoms with Crippen LogP contribution >= 0.6 is 12.4 Å². The van der Waals surface area contributed by atoms with Crippen LogP contribution in [0.15, 0.2) is 21.8 Å². The number of esters is 1. The van der Waals surface area contributed by atoms with Crippen molar-refractivity contribution in [2.24, 2.45) is 0 Å². The molecular weight excluding hydrogens is 356 g/mol. The number of halogens is 1. The third-order valence-corrected chi connectivity index (χ3v) is 5.29. The summed E-state index contributed by atoms with van der Waals surface area (Å²) in [7, 11) is -2.53. The summed E-state index contributed by atoms with van der Waals surface area (Å²) < 4.78 is 36.1. The SMILES string of the molecule is COC(=O)c1coc(S(=O)(=O)NCCNC2CCCCCC2)c1.Cl. The number of hydrogen-bond acceptors (Lipinski definition) is 6. The Bertz CT molecular complexity index is 609. The molecule has 1 aromatic heterocycles. The highest BCUT2D eigenvalue weighted by atomic mass is 35.5. The molecule has 0 spiro atoms. The molecule has 0 radical (unpaired) electrons. The zero-order chi connectivity index (χ0) is 16.7. The molecule has 138 valence electrons. The maximum Gasteiger partial charge on any atom is 0.341 e. The smallest absolute Gasteiger partial charge is 0.341 e. The molecule has 1 heterocycles. The number of furan rings is 1. The van der Waals surface area contributed by atoms with Gasteiger partial charge in [0.25, 0.3) is 10.0 Å². The van der Waals surface area contributed by atoms with Gasteiger partial charge in [-0.05, 0) is 12.8 Å². The lowest BCUT2D eigenvalue weighted by Crippen LogP contribution is -2.36. The maximum atomic E-state index is 12.1. The minimum Gasteiger partial charge on any atom is -0.465 e. The van der Waals surface area contributed by atoms with Crippen molar-refractivity contribution >= 4 is 28.4 Å². The first-order chi connectivity index (χ1) is 11.0. The molecule has 1 aliphatic carbocycles. The average Bonchev–Trinajstić information content (AvgIpc) is 2.90. The third-order valence-electron chi connectivity index (χ3n) is 3.97. The van der Waals surface area contributed by atoms with Crippen LogP contribution < -0.4 is 10.0 Å². The molecule has 0 aromatic carbocycles. The van der Waals surface area contributed by atoms with E-state index in [1.165, 1.54) is 32.8 Å². The Hall–Kier alpha value is -1.09. The highest BCUT2D eigenvalue weighted by molar-refractivity contribution is 7.89. The molecule has 2 rings (SSSR count). The lowest BCUT2D eigenvalue weighted by molar-refractivity contribution is 0.0600. The predicted octanol–water partition coefficient (Wildman–Crippen LogP) is 2.08. The molecule has 0 atom stereocenters. The first-order valence-corrected chi connectivity index (χ1v) is 9.41. The van der Waals surface area contributed by atoms with Crippen LogP contribution in [0.3, 0.4) is 0 Å². The number of hydrogen-bond donors (Lipinski definition) is 2. The van der Waals surface area contributed by atoms with Gasteiger partial charge in [-0.15, -0.1) is 12.4 Å². The van der Waals surface area contributed by atoms with Gasteiger partial charge in [0.1, 0.15) is 6.26 Å². The fourth-order valence-electron chi connectivity index (χ4n) is 2.70. The summed E-state index contributed by atoms with van der Waals surface area (Å²) in [4.78, 5) is 11.3. The van der Waals surface area contributed by atoms with Crippen LogP contribution in [0.5, 0.6) is 0 Å². The van der Waals surface area contributed by atoms with Gasteiger partial charge in [0.05, 0.1) is 12.7 Å². The number of sulfonamides is 1. The Morgan fingerprint density at radius 2 is 1.92 bits per heavy atom. The molecule has 0 aliphatic heterocycles. The normalized spacial score (nSPS) is 16.2. The van der Waals surface area contributed by atoms with Gasteiger partial charge < -0.3 is 14.5 Å². The Labute approximate surface area is 149 Å². The number of carbonyl (C=O) groups is 1. The highest BCUT2D eigenvalue weighted by Gasteiger charge is 2.21. The molecule has 2 N–H and O–H groups in total. The summed E-state index contributed by atoms with van der Waals surface area (Å²) in [6.07, 6.45) is 8.39. The summed E-state index contributed by atoms with van der Waals surface area (Å²) in [5.74, 6) is -0.634. The van der Waals surface area contributed by atoms with Crippen LogP contribution in [0, 0.1) is 0 Å². The summed E-state index contributed by atoms with van der Waals surface area (Å²) in [6.45, 7) is 0.835. The summed E-state index contributed by atoms with van der Waals surface area (Å²) in [6, 6.07) is 1.63. The third kappa shape index (κ3) is 6.08. The van der Waals surface area contributed by atoms with Crippen molar-refractivity contribution in [2.75, 3.05) is 20.2 Å². The summed E-state index contributed by atoms with van der Waals surface area (Å²) in [5.41, 5.74) is 0.0736. The van der Waals surface area contributed by atoms with Crippen LogP contribution in [0.4, 0.5) is 0 Å². The molecule has 0 unspecified atom stereocenters. The second-order valence-electron chi connectivity index (χ2n) is 5.69. The van der Waals surface area contributed by atoms with Crippen LogP contribution in [-0.2, 0) is 14.8 Å². The second kappa shape index (κ2) is 10.0. The van der Waals surface area contributed by atoms with Crippen molar-refractivity contribution in [3.05, 3.63) is 17.9 Å². The van der Waals surface area contributed by atoms with Crippen LogP contribution in [0.2, 0.25) is 0 Å². The molecule has 9 heteroatoms. The minimum atomic E-state index is -3.76. The number of ether oxygens (including phenoxy) is 1. The molecule has 1 saturated carbocycles. The highest BCUT2D eigenvalue weighted by Crippen LogP contribution is 2.17. The van der Waals surface area contributed by atoms with E-state index in [1.54, 1.807) is 0 Å². The van der Waals surface area contributed by atoms with E-state index in [2.05, 4.69) is 14.8 Å². The van der Waals surface area contributed by atoms with E-state index in [1.807, 2.05) is 0 Å². The second-order valence-corrected chi connectivity index (χ2v) is 7.38. The molecule has 0 saturated heterocycles. The first-order valence-electron chi connectivity index (χ1n) is 7.93. The molecule has 1 aliphatic rings. The number of methoxy groups -OCH3 is 1. The van der Waals surface area contributed by atoms with Gasteiger partial charge in [-0.25, -0.2) is 17.9 Å². The van der Waals surface area contributed by atoms with Gasteiger partial charge >= 0.3 is 5.97 Å². The van der Waals surface area contributed by atoms with Crippen molar-refractivity contribution in [3.63, 3.8) is 0 Å². The van der Waals surface area contributed by atoms with Crippen LogP contribution in [0.1, 0.15) is 48.9 Å². The maximum absolute atomic E-state index is 12.1. The van der Waals surface area contributed by atoms with E-state index in [9.17, 15) is 13.2 Å². The number of carbonyl (C=O) groups excluding carboxylic acids is 1. The molecule has 1 fully saturated rings. The average molecular weight is 381 g/mol. The van der Waals surface area contributed by atoms with Crippen molar-refractivity contribution in [3.8, 4) is 0 Å². The van der Waals surface area contributed by atoms with Crippen LogP contribution in [-0.4, -0.2) is 40.6 Å². The van der Waals surface area contributed by atoms with Crippen molar-refractivity contribution in [1.82, 2.24) is 10.0 Å². The zero-order valence-corrected chi connectivity index (χ0v) is 15.4. The van der Waals surface area contributed by atoms with Gasteiger partial charge in [-0.1, -0.05) is 25.7 Å². The largest absolute Gasteiger partial charge is 0.465 e. The van der Waals surface area contributed by atoms with Gasteiger partial charge in [0.15, 0.2) is 0 Å². The van der Waals surface area contributed by atoms with Crippen molar-refractivity contribution in [1.29, 1.82) is 0 Å². The fourth-order valence-corrected chi connectivity index (χ4v) is 3.67. The Morgan fingerprint density at radius 1 is 1.25 bits per heavy atom. The van der Waals surface area contributed by atoms with E-state index in [0.717, 1.165) is 25.2 Å². The van der Waals surface area contributed by atoms with E-state index in [0.29, 0.717) is 12.6 Å². The van der Waals surface area contributed by atoms with E-state index in [4.69, 9.17) is 4.42 Å². The first kappa shape index (κ1) is 21.0. The van der Waals surface area contributed by atoms with E-state index < -0.39 is 16.0 Å². The topological polar surface area (TPSA) is 97.6 Å². The zero-order valence-electron chi connectivity index (χ0n) is 13.7. The lowest BCUT2D eigenvalue weighted by atomic mass is 10.1. The monoisotopic (exact) mass is 380 g/mol. The van der Waals surface area contributed by atoms with E-state index in [-0.39, 0.29) is 29.6 Å². The molecule has 24 heavy (non-hydrogen) atoms. The summed E-state index contributed by atoms with van der Waals surface area (Å²) >= 11 is 0. The standard InChI is InChI=1S/C15H24N2O5S.ClH/c1-21-15(18)12-10-14(22-11-12)23(19,20)17-9-8-16-13-6-4-2-3-5-7-13;/h10-11,13,16-17H,2-9H2,1H3;1H. The van der Waals surface area contributed by atoms with Crippen molar-refractivity contribution in [2.45, 2.75) is 49.7 Å². The van der Waals surface area contributed by atoms with Crippen LogP contribution in [0.25, 0.3) is 0 Å². The van der Waals surface area contributed by atoms with Gasteiger partial charge in [0, 0.05) is 25.2 Å². The fraction of sp³-hybridized carbons (Fsp3) is 0.667. The van der Waals surface area contributed by atoms with Gasteiger partial charge in [-0.3, -0.25) is 0 Å². The van der Waals surface area contributed by atoms with E-state index >= 15 is 0 Å². The summed E-state index contributed by atoms with van der Waals surface area (Å²) in [5, 5.41) is 3.10. The number of rotatable bonds is 7. The molecule has 7 nitrogen and oxygen atoms in total. The lowest BCUT2D eigenvalue weighted by Gasteiger charge is -2.16. The number of nitrogens with one attached hydrogen (secondary N) is 2. The predicted molar refractivity (Wildman–Crippen MR) is 92.0 cm³/mol. The molecular formula is C15H25ClN2O5S. The van der Waals surface area contributed by atoms with Gasteiger partial charge in [0.2, 0.25) is 5.09 Å². The molecule has 1 aromatic rings. The Balaban J connectivity index is 0.00000288. The molecule has 0 amide bonds. The van der Waals surface area contributed by atoms with Gasteiger partial charge in [-0.2, -0.15) is 0 Å². The quantitative estimate of drug-likeness (QED) is 0.427. The Kier molecular flexibility index (Phi) is 8.75. The minimum absolute atomic E-state index is 0. The Morgan fingerprint density at radius 3 is 2.54 bits per heavy atom. The van der Waals surface area contributed by atoms with Crippen molar-refractivity contribution < 1.29 is 22.4 Å².